The molecule has 2 atom stereocenters. The molecule has 1 aromatic carbocycles. The number of hydrogen-bond acceptors (Lipinski definition) is 3. The Kier molecular flexibility index (Phi) is 4.69. The average molecular weight is 235 g/mol. The number of para-hydroxylation sites is 1. The van der Waals surface area contributed by atoms with Gasteiger partial charge in [-0.2, -0.15) is 0 Å². The molecule has 0 aliphatic carbocycles. The number of carboxylic acids is 1. The minimum Gasteiger partial charge on any atom is -0.507 e. The van der Waals surface area contributed by atoms with Gasteiger partial charge in [0, 0.05) is 11.8 Å². The maximum atomic E-state index is 11.0. The highest BCUT2D eigenvalue weighted by atomic mass is 16.4. The molecule has 0 fully saturated rings. The minimum absolute atomic E-state index is 0.0328. The minimum atomic E-state index is -0.939. The molecule has 0 saturated carbocycles. The predicted octanol–water partition coefficient (Wildman–Crippen LogP) is 2.31. The molecular weight excluding hydrogens is 218 g/mol. The fourth-order valence-electron chi connectivity index (χ4n) is 1.43. The highest BCUT2D eigenvalue weighted by molar-refractivity contribution is 5.86. The predicted molar refractivity (Wildman–Crippen MR) is 66.6 cm³/mol. The second-order valence-corrected chi connectivity index (χ2v) is 4.01. The molecule has 4 nitrogen and oxygen atoms in total. The van der Waals surface area contributed by atoms with Crippen LogP contribution >= 0.6 is 0 Å². The zero-order chi connectivity index (χ0) is 12.8. The van der Waals surface area contributed by atoms with Crippen LogP contribution in [0.15, 0.2) is 29.3 Å². The number of phenols is 1. The monoisotopic (exact) mass is 235 g/mol. The van der Waals surface area contributed by atoms with E-state index in [1.165, 1.54) is 6.21 Å². The Labute approximate surface area is 101 Å². The van der Waals surface area contributed by atoms with Crippen LogP contribution in [-0.2, 0) is 4.79 Å². The Hall–Kier alpha value is -1.84. The molecule has 0 heterocycles. The third-order valence-electron chi connectivity index (χ3n) is 2.75. The summed E-state index contributed by atoms with van der Waals surface area (Å²) in [6.07, 6.45) is 2.16. The number of aromatic hydroxyl groups is 1. The zero-order valence-corrected chi connectivity index (χ0v) is 10.00. The topological polar surface area (TPSA) is 69.9 Å². The van der Waals surface area contributed by atoms with Crippen LogP contribution in [0.25, 0.3) is 0 Å². The normalized spacial score (nSPS) is 14.7. The Bertz CT molecular complexity index is 415. The quantitative estimate of drug-likeness (QED) is 0.769. The summed E-state index contributed by atoms with van der Waals surface area (Å²) in [5, 5.41) is 18.6. The fraction of sp³-hybridized carbons (Fsp3) is 0.385. The van der Waals surface area contributed by atoms with E-state index in [-0.39, 0.29) is 11.7 Å². The summed E-state index contributed by atoms with van der Waals surface area (Å²) >= 11 is 0. The molecule has 2 N–H and O–H groups in total. The van der Waals surface area contributed by atoms with Crippen molar-refractivity contribution in [1.29, 1.82) is 0 Å². The number of benzene rings is 1. The SMILES string of the molecule is CC[C@H](C)[C@H](N=Cc1ccccc1O)C(=O)O. The van der Waals surface area contributed by atoms with Gasteiger partial charge < -0.3 is 10.2 Å². The van der Waals surface area contributed by atoms with Gasteiger partial charge in [0.15, 0.2) is 0 Å². The molecule has 4 heteroatoms. The van der Waals surface area contributed by atoms with Crippen molar-refractivity contribution in [3.8, 4) is 5.75 Å². The lowest BCUT2D eigenvalue weighted by molar-refractivity contribution is -0.139. The summed E-state index contributed by atoms with van der Waals surface area (Å²) in [5.41, 5.74) is 0.530. The maximum absolute atomic E-state index is 11.0. The molecule has 0 aliphatic heterocycles. The third-order valence-corrected chi connectivity index (χ3v) is 2.75. The standard InChI is InChI=1S/C13H17NO3/c1-3-9(2)12(13(16)17)14-8-10-6-4-5-7-11(10)15/h4-9,12,15H,3H2,1-2H3,(H,16,17)/t9-,12-/m0/s1. The van der Waals surface area contributed by atoms with E-state index in [1.54, 1.807) is 24.3 Å². The second-order valence-electron chi connectivity index (χ2n) is 4.01. The van der Waals surface area contributed by atoms with Gasteiger partial charge in [0.1, 0.15) is 11.8 Å². The number of carboxylic acid groups (broad SMARTS) is 1. The zero-order valence-electron chi connectivity index (χ0n) is 10.00. The number of carbonyl (C=O) groups is 1. The molecule has 0 unspecified atom stereocenters. The van der Waals surface area contributed by atoms with Crippen molar-refractivity contribution in [2.24, 2.45) is 10.9 Å². The Morgan fingerprint density at radius 3 is 2.65 bits per heavy atom. The summed E-state index contributed by atoms with van der Waals surface area (Å²) in [6, 6.07) is 5.94. The first kappa shape index (κ1) is 13.2. The van der Waals surface area contributed by atoms with E-state index in [9.17, 15) is 9.90 Å². The van der Waals surface area contributed by atoms with Gasteiger partial charge in [0.25, 0.3) is 0 Å². The van der Waals surface area contributed by atoms with Crippen molar-refractivity contribution in [3.05, 3.63) is 29.8 Å². The van der Waals surface area contributed by atoms with Crippen LogP contribution in [-0.4, -0.2) is 28.4 Å². The summed E-state index contributed by atoms with van der Waals surface area (Å²) in [7, 11) is 0. The van der Waals surface area contributed by atoms with Crippen LogP contribution in [0.1, 0.15) is 25.8 Å². The number of aliphatic imine (C=N–C) groups is 1. The van der Waals surface area contributed by atoms with E-state index in [0.717, 1.165) is 6.42 Å². The van der Waals surface area contributed by atoms with Crippen molar-refractivity contribution < 1.29 is 15.0 Å². The molecule has 0 bridgehead atoms. The van der Waals surface area contributed by atoms with Gasteiger partial charge in [0.2, 0.25) is 0 Å². The van der Waals surface area contributed by atoms with Crippen molar-refractivity contribution in [2.75, 3.05) is 0 Å². The van der Waals surface area contributed by atoms with Crippen LogP contribution in [0.4, 0.5) is 0 Å². The third kappa shape index (κ3) is 3.59. The molecule has 0 radical (unpaired) electrons. The van der Waals surface area contributed by atoms with Crippen LogP contribution in [0.5, 0.6) is 5.75 Å². The Balaban J connectivity index is 2.87. The first-order valence-corrected chi connectivity index (χ1v) is 5.60. The molecule has 1 aromatic rings. The van der Waals surface area contributed by atoms with Gasteiger partial charge in [-0.1, -0.05) is 32.4 Å². The van der Waals surface area contributed by atoms with Crippen LogP contribution < -0.4 is 0 Å². The Morgan fingerprint density at radius 1 is 1.47 bits per heavy atom. The molecular formula is C13H17NO3. The van der Waals surface area contributed by atoms with Gasteiger partial charge >= 0.3 is 5.97 Å². The van der Waals surface area contributed by atoms with Gasteiger partial charge in [-0.3, -0.25) is 4.99 Å². The first-order chi connectivity index (χ1) is 8.06. The number of hydrogen-bond donors (Lipinski definition) is 2. The average Bonchev–Trinajstić information content (AvgIpc) is 2.30. The van der Waals surface area contributed by atoms with Crippen molar-refractivity contribution in [1.82, 2.24) is 0 Å². The number of aliphatic carboxylic acids is 1. The van der Waals surface area contributed by atoms with Crippen molar-refractivity contribution >= 4 is 12.2 Å². The summed E-state index contributed by atoms with van der Waals surface area (Å²) in [6.45, 7) is 3.77. The van der Waals surface area contributed by atoms with E-state index in [0.29, 0.717) is 5.56 Å². The molecule has 0 aromatic heterocycles. The van der Waals surface area contributed by atoms with Crippen molar-refractivity contribution in [3.63, 3.8) is 0 Å². The van der Waals surface area contributed by atoms with Gasteiger partial charge in [-0.15, -0.1) is 0 Å². The maximum Gasteiger partial charge on any atom is 0.328 e. The molecule has 0 spiro atoms. The van der Waals surface area contributed by atoms with Gasteiger partial charge in [-0.25, -0.2) is 4.79 Å². The number of phenolic OH excluding ortho intramolecular Hbond substituents is 1. The highest BCUT2D eigenvalue weighted by Gasteiger charge is 2.21. The van der Waals surface area contributed by atoms with Crippen LogP contribution in [0.2, 0.25) is 0 Å². The van der Waals surface area contributed by atoms with Crippen molar-refractivity contribution in [2.45, 2.75) is 26.3 Å². The summed E-state index contributed by atoms with van der Waals surface area (Å²) in [5.74, 6) is -0.870. The first-order valence-electron chi connectivity index (χ1n) is 5.60. The van der Waals surface area contributed by atoms with Gasteiger partial charge in [0.05, 0.1) is 0 Å². The van der Waals surface area contributed by atoms with E-state index in [1.807, 2.05) is 13.8 Å². The second kappa shape index (κ2) is 6.03. The largest absolute Gasteiger partial charge is 0.507 e. The van der Waals surface area contributed by atoms with E-state index in [2.05, 4.69) is 4.99 Å². The summed E-state index contributed by atoms with van der Waals surface area (Å²) < 4.78 is 0. The lowest BCUT2D eigenvalue weighted by atomic mass is 10.00. The van der Waals surface area contributed by atoms with Gasteiger partial charge in [-0.05, 0) is 18.1 Å². The summed E-state index contributed by atoms with van der Waals surface area (Å²) in [4.78, 5) is 15.1. The van der Waals surface area contributed by atoms with Crippen LogP contribution in [0.3, 0.4) is 0 Å². The Morgan fingerprint density at radius 2 is 2.12 bits per heavy atom. The lowest BCUT2D eigenvalue weighted by Crippen LogP contribution is -2.25. The molecule has 1 rings (SSSR count). The van der Waals surface area contributed by atoms with E-state index >= 15 is 0 Å². The molecule has 92 valence electrons. The molecule has 0 aliphatic rings. The smallest absolute Gasteiger partial charge is 0.328 e. The number of rotatable bonds is 5. The number of nitrogens with zero attached hydrogens (tertiary/aromatic N) is 1. The van der Waals surface area contributed by atoms with E-state index < -0.39 is 12.0 Å². The lowest BCUT2D eigenvalue weighted by Gasteiger charge is -2.13. The molecule has 0 saturated heterocycles. The molecule has 17 heavy (non-hydrogen) atoms. The fourth-order valence-corrected chi connectivity index (χ4v) is 1.43. The van der Waals surface area contributed by atoms with E-state index in [4.69, 9.17) is 5.11 Å². The highest BCUT2D eigenvalue weighted by Crippen LogP contribution is 2.15. The molecule has 0 amide bonds. The van der Waals surface area contributed by atoms with Crippen LogP contribution in [0, 0.1) is 5.92 Å².